The number of nitrogens with one attached hydrogen (secondary N) is 1. The third kappa shape index (κ3) is 4.73. The SMILES string of the molecule is NCC(=O)N1CCCC1C(=O)N1CCCC1C(=O)NC(CC(N)=O)C(=O)O. The first-order chi connectivity index (χ1) is 12.8. The van der Waals surface area contributed by atoms with Gasteiger partial charge in [0.05, 0.1) is 13.0 Å². The Morgan fingerprint density at radius 2 is 1.63 bits per heavy atom. The van der Waals surface area contributed by atoms with Crippen molar-refractivity contribution >= 4 is 29.6 Å². The van der Waals surface area contributed by atoms with Gasteiger partial charge < -0.3 is 31.7 Å². The van der Waals surface area contributed by atoms with Crippen LogP contribution in [0.4, 0.5) is 0 Å². The van der Waals surface area contributed by atoms with E-state index in [9.17, 15) is 24.0 Å². The zero-order valence-corrected chi connectivity index (χ0v) is 14.9. The molecule has 0 spiro atoms. The lowest BCUT2D eigenvalue weighted by Crippen LogP contribution is -2.55. The summed E-state index contributed by atoms with van der Waals surface area (Å²) in [5, 5.41) is 11.4. The van der Waals surface area contributed by atoms with Crippen molar-refractivity contribution in [2.45, 2.75) is 50.2 Å². The maximum atomic E-state index is 12.9. The van der Waals surface area contributed by atoms with Crippen LogP contribution in [0.1, 0.15) is 32.1 Å². The summed E-state index contributed by atoms with van der Waals surface area (Å²) in [6, 6.07) is -2.95. The zero-order chi connectivity index (χ0) is 20.1. The van der Waals surface area contributed by atoms with Crippen molar-refractivity contribution < 1.29 is 29.1 Å². The Bertz CT molecular complexity index is 639. The molecule has 0 aromatic heterocycles. The van der Waals surface area contributed by atoms with Crippen LogP contribution in [0.3, 0.4) is 0 Å². The fraction of sp³-hybridized carbons (Fsp3) is 0.688. The van der Waals surface area contributed by atoms with Gasteiger partial charge in [-0.1, -0.05) is 0 Å². The first-order valence-electron chi connectivity index (χ1n) is 8.87. The highest BCUT2D eigenvalue weighted by atomic mass is 16.4. The van der Waals surface area contributed by atoms with Gasteiger partial charge in [-0.25, -0.2) is 4.79 Å². The molecular formula is C16H25N5O6. The number of likely N-dealkylation sites (tertiary alicyclic amines) is 2. The standard InChI is InChI=1S/C16H25N5O6/c17-8-13(23)20-5-2-4-11(20)15(25)21-6-1-3-10(21)14(24)19-9(16(26)27)7-12(18)22/h9-11H,1-8,17H2,(H2,18,22)(H,19,24)(H,26,27). The Morgan fingerprint density at radius 1 is 1.04 bits per heavy atom. The average molecular weight is 383 g/mol. The molecule has 11 heteroatoms. The predicted octanol–water partition coefficient (Wildman–Crippen LogP) is -2.63. The number of hydrogen-bond acceptors (Lipinski definition) is 6. The van der Waals surface area contributed by atoms with Crippen molar-refractivity contribution in [1.29, 1.82) is 0 Å². The van der Waals surface area contributed by atoms with Gasteiger partial charge in [0.15, 0.2) is 0 Å². The topological polar surface area (TPSA) is 176 Å². The van der Waals surface area contributed by atoms with E-state index in [0.29, 0.717) is 38.8 Å². The number of aliphatic carboxylic acids is 1. The second-order valence-corrected chi connectivity index (χ2v) is 6.71. The van der Waals surface area contributed by atoms with Gasteiger partial charge in [-0.05, 0) is 25.7 Å². The maximum absolute atomic E-state index is 12.9. The second kappa shape index (κ2) is 8.80. The molecule has 2 heterocycles. The largest absolute Gasteiger partial charge is 0.480 e. The fourth-order valence-electron chi connectivity index (χ4n) is 3.60. The predicted molar refractivity (Wildman–Crippen MR) is 91.9 cm³/mol. The minimum absolute atomic E-state index is 0.193. The van der Waals surface area contributed by atoms with Crippen molar-refractivity contribution in [3.05, 3.63) is 0 Å². The van der Waals surface area contributed by atoms with E-state index in [2.05, 4.69) is 5.32 Å². The van der Waals surface area contributed by atoms with E-state index in [-0.39, 0.29) is 18.4 Å². The summed E-state index contributed by atoms with van der Waals surface area (Å²) in [4.78, 5) is 62.4. The number of primary amides is 1. The van der Waals surface area contributed by atoms with Crippen molar-refractivity contribution in [2.24, 2.45) is 11.5 Å². The van der Waals surface area contributed by atoms with Gasteiger partial charge in [-0.3, -0.25) is 19.2 Å². The van der Waals surface area contributed by atoms with E-state index in [4.69, 9.17) is 16.6 Å². The number of carbonyl (C=O) groups is 5. The smallest absolute Gasteiger partial charge is 0.326 e. The molecule has 0 aliphatic carbocycles. The van der Waals surface area contributed by atoms with E-state index in [1.54, 1.807) is 0 Å². The Balaban J connectivity index is 2.08. The molecule has 4 amide bonds. The van der Waals surface area contributed by atoms with Crippen LogP contribution in [0.25, 0.3) is 0 Å². The van der Waals surface area contributed by atoms with Gasteiger partial charge >= 0.3 is 5.97 Å². The lowest BCUT2D eigenvalue weighted by Gasteiger charge is -2.31. The molecule has 0 saturated carbocycles. The summed E-state index contributed by atoms with van der Waals surface area (Å²) in [7, 11) is 0. The molecule has 2 fully saturated rings. The van der Waals surface area contributed by atoms with Gasteiger partial charge in [-0.2, -0.15) is 0 Å². The van der Waals surface area contributed by atoms with Gasteiger partial charge in [-0.15, -0.1) is 0 Å². The lowest BCUT2D eigenvalue weighted by atomic mass is 10.1. The summed E-state index contributed by atoms with van der Waals surface area (Å²) in [6.45, 7) is 0.587. The maximum Gasteiger partial charge on any atom is 0.326 e. The van der Waals surface area contributed by atoms with Crippen LogP contribution in [0, 0.1) is 0 Å². The van der Waals surface area contributed by atoms with Crippen molar-refractivity contribution in [1.82, 2.24) is 15.1 Å². The quantitative estimate of drug-likeness (QED) is 0.371. The minimum Gasteiger partial charge on any atom is -0.480 e. The Hall–Kier alpha value is -2.69. The number of rotatable bonds is 7. The van der Waals surface area contributed by atoms with E-state index < -0.39 is 42.3 Å². The summed E-state index contributed by atoms with van der Waals surface area (Å²) >= 11 is 0. The summed E-state index contributed by atoms with van der Waals surface area (Å²) in [5.74, 6) is -3.55. The Kier molecular flexibility index (Phi) is 6.72. The highest BCUT2D eigenvalue weighted by molar-refractivity contribution is 5.95. The number of carboxylic acid groups (broad SMARTS) is 1. The summed E-state index contributed by atoms with van der Waals surface area (Å²) < 4.78 is 0. The van der Waals surface area contributed by atoms with Crippen LogP contribution in [0.5, 0.6) is 0 Å². The van der Waals surface area contributed by atoms with Crippen LogP contribution in [0.2, 0.25) is 0 Å². The molecule has 3 unspecified atom stereocenters. The molecule has 27 heavy (non-hydrogen) atoms. The molecule has 0 radical (unpaired) electrons. The summed E-state index contributed by atoms with van der Waals surface area (Å²) in [6.07, 6.45) is 1.58. The molecule has 6 N–H and O–H groups in total. The molecule has 2 saturated heterocycles. The lowest BCUT2D eigenvalue weighted by molar-refractivity contribution is -0.148. The molecule has 2 aliphatic heterocycles. The van der Waals surface area contributed by atoms with Gasteiger partial charge in [0.25, 0.3) is 0 Å². The van der Waals surface area contributed by atoms with Crippen molar-refractivity contribution in [3.8, 4) is 0 Å². The number of nitrogens with zero attached hydrogens (tertiary/aromatic N) is 2. The molecule has 2 rings (SSSR count). The molecule has 0 bridgehead atoms. The molecule has 150 valence electrons. The van der Waals surface area contributed by atoms with Crippen LogP contribution < -0.4 is 16.8 Å². The van der Waals surface area contributed by atoms with Crippen LogP contribution in [-0.4, -0.2) is 82.3 Å². The zero-order valence-electron chi connectivity index (χ0n) is 14.9. The first-order valence-corrected chi connectivity index (χ1v) is 8.87. The molecule has 3 atom stereocenters. The Labute approximate surface area is 156 Å². The number of carbonyl (C=O) groups excluding carboxylic acids is 4. The number of nitrogens with two attached hydrogens (primary N) is 2. The summed E-state index contributed by atoms with van der Waals surface area (Å²) in [5.41, 5.74) is 10.4. The molecule has 0 aromatic carbocycles. The minimum atomic E-state index is -1.45. The Morgan fingerprint density at radius 3 is 2.19 bits per heavy atom. The van der Waals surface area contributed by atoms with Crippen LogP contribution >= 0.6 is 0 Å². The van der Waals surface area contributed by atoms with E-state index >= 15 is 0 Å². The third-order valence-corrected chi connectivity index (χ3v) is 4.89. The highest BCUT2D eigenvalue weighted by Crippen LogP contribution is 2.25. The van der Waals surface area contributed by atoms with E-state index in [0.717, 1.165) is 0 Å². The molecule has 0 aromatic rings. The third-order valence-electron chi connectivity index (χ3n) is 4.89. The molecule has 2 aliphatic rings. The number of hydrogen-bond donors (Lipinski definition) is 4. The van der Waals surface area contributed by atoms with Gasteiger partial charge in [0.2, 0.25) is 23.6 Å². The van der Waals surface area contributed by atoms with E-state index in [1.807, 2.05) is 0 Å². The van der Waals surface area contributed by atoms with Crippen LogP contribution in [0.15, 0.2) is 0 Å². The van der Waals surface area contributed by atoms with E-state index in [1.165, 1.54) is 9.80 Å². The monoisotopic (exact) mass is 383 g/mol. The number of carboxylic acids is 1. The normalized spacial score (nSPS) is 23.1. The molecular weight excluding hydrogens is 358 g/mol. The second-order valence-electron chi connectivity index (χ2n) is 6.71. The van der Waals surface area contributed by atoms with Gasteiger partial charge in [0, 0.05) is 13.1 Å². The highest BCUT2D eigenvalue weighted by Gasteiger charge is 2.42. The first kappa shape index (κ1) is 20.6. The number of amides is 4. The van der Waals surface area contributed by atoms with Crippen molar-refractivity contribution in [3.63, 3.8) is 0 Å². The fourth-order valence-corrected chi connectivity index (χ4v) is 3.60. The van der Waals surface area contributed by atoms with Crippen molar-refractivity contribution in [2.75, 3.05) is 19.6 Å². The van der Waals surface area contributed by atoms with Crippen LogP contribution in [-0.2, 0) is 24.0 Å². The molecule has 11 nitrogen and oxygen atoms in total. The average Bonchev–Trinajstić information content (AvgIpc) is 3.28. The van der Waals surface area contributed by atoms with Gasteiger partial charge in [0.1, 0.15) is 18.1 Å².